The van der Waals surface area contributed by atoms with Crippen molar-refractivity contribution < 1.29 is 9.53 Å². The van der Waals surface area contributed by atoms with Crippen molar-refractivity contribution in [2.24, 2.45) is 5.92 Å². The molecule has 0 saturated heterocycles. The first-order valence-corrected chi connectivity index (χ1v) is 5.89. The second-order valence-electron chi connectivity index (χ2n) is 3.61. The Hall–Kier alpha value is -0.240. The molecule has 3 heteroatoms. The van der Waals surface area contributed by atoms with Crippen molar-refractivity contribution in [3.63, 3.8) is 0 Å². The van der Waals surface area contributed by atoms with Gasteiger partial charge in [0.25, 0.3) is 0 Å². The van der Waals surface area contributed by atoms with E-state index in [1.54, 1.807) is 0 Å². The van der Waals surface area contributed by atoms with Crippen LogP contribution in [0.15, 0.2) is 0 Å². The Morgan fingerprint density at radius 2 is 1.93 bits per heavy atom. The van der Waals surface area contributed by atoms with Gasteiger partial charge in [0.05, 0.1) is 0 Å². The molecule has 0 rings (SSSR count). The smallest absolute Gasteiger partial charge is 0.404 e. The topological polar surface area (TPSA) is 26.3 Å². The molecule has 0 spiro atoms. The first-order chi connectivity index (χ1) is 6.65. The van der Waals surface area contributed by atoms with Crippen LogP contribution in [0.25, 0.3) is 0 Å². The predicted molar refractivity (Wildman–Crippen MR) is 59.7 cm³/mol. The van der Waals surface area contributed by atoms with Crippen molar-refractivity contribution in [3.8, 4) is 0 Å². The number of carbonyl (C=O) groups is 1. The minimum Gasteiger partial charge on any atom is -0.450 e. The Kier molecular flexibility index (Phi) is 7.96. The lowest BCUT2D eigenvalue weighted by atomic mass is 9.92. The molecule has 0 bridgehead atoms. The van der Waals surface area contributed by atoms with E-state index >= 15 is 0 Å². The third kappa shape index (κ3) is 5.48. The number of rotatable bonds is 7. The van der Waals surface area contributed by atoms with E-state index in [1.807, 2.05) is 6.92 Å². The summed E-state index contributed by atoms with van der Waals surface area (Å²) in [5, 5.41) is 0. The Morgan fingerprint density at radius 1 is 1.29 bits per heavy atom. The lowest BCUT2D eigenvalue weighted by Gasteiger charge is -2.24. The first-order valence-electron chi connectivity index (χ1n) is 5.51. The molecule has 0 saturated carbocycles. The summed E-state index contributed by atoms with van der Waals surface area (Å²) < 4.78 is 5.08. The number of hydrogen-bond donors (Lipinski definition) is 0. The normalized spacial score (nSPS) is 14.9. The minimum absolute atomic E-state index is 0.00319. The number of hydrogen-bond acceptors (Lipinski definition) is 2. The number of halogens is 1. The molecule has 2 atom stereocenters. The van der Waals surface area contributed by atoms with Gasteiger partial charge >= 0.3 is 5.43 Å². The molecule has 2 unspecified atom stereocenters. The van der Waals surface area contributed by atoms with Crippen molar-refractivity contribution in [3.05, 3.63) is 0 Å². The summed E-state index contributed by atoms with van der Waals surface area (Å²) in [5.74, 6) is 0.461. The van der Waals surface area contributed by atoms with Gasteiger partial charge in [0.15, 0.2) is 0 Å². The molecular formula is C11H21ClO2. The molecule has 0 aliphatic heterocycles. The van der Waals surface area contributed by atoms with Gasteiger partial charge in [0.1, 0.15) is 6.10 Å². The van der Waals surface area contributed by atoms with Crippen molar-refractivity contribution in [2.75, 3.05) is 0 Å². The van der Waals surface area contributed by atoms with Gasteiger partial charge < -0.3 is 4.74 Å². The van der Waals surface area contributed by atoms with Crippen LogP contribution in [0.3, 0.4) is 0 Å². The molecule has 0 amide bonds. The number of unbranched alkanes of at least 4 members (excludes halogenated alkanes) is 1. The van der Waals surface area contributed by atoms with Crippen LogP contribution in [0.2, 0.25) is 0 Å². The SMILES string of the molecule is CCCCC(CC)C(CC)OC(=O)Cl. The second-order valence-corrected chi connectivity index (χ2v) is 3.92. The van der Waals surface area contributed by atoms with Gasteiger partial charge in [-0.1, -0.05) is 33.6 Å². The third-order valence-corrected chi connectivity index (χ3v) is 2.71. The molecule has 0 heterocycles. The van der Waals surface area contributed by atoms with Crippen LogP contribution in [-0.2, 0) is 4.74 Å². The second kappa shape index (κ2) is 8.10. The van der Waals surface area contributed by atoms with E-state index in [9.17, 15) is 4.79 Å². The van der Waals surface area contributed by atoms with E-state index in [4.69, 9.17) is 16.3 Å². The monoisotopic (exact) mass is 220 g/mol. The highest BCUT2D eigenvalue weighted by Crippen LogP contribution is 2.22. The maximum atomic E-state index is 10.7. The molecule has 2 nitrogen and oxygen atoms in total. The summed E-state index contributed by atoms with van der Waals surface area (Å²) in [5.41, 5.74) is -0.674. The first kappa shape index (κ1) is 13.8. The van der Waals surface area contributed by atoms with Crippen molar-refractivity contribution in [1.82, 2.24) is 0 Å². The maximum Gasteiger partial charge on any atom is 0.404 e. The summed E-state index contributed by atoms with van der Waals surface area (Å²) in [6.07, 6.45) is 5.38. The van der Waals surface area contributed by atoms with Crippen LogP contribution in [0, 0.1) is 5.92 Å². The van der Waals surface area contributed by atoms with Gasteiger partial charge in [-0.15, -0.1) is 0 Å². The summed E-state index contributed by atoms with van der Waals surface area (Å²) in [7, 11) is 0. The van der Waals surface area contributed by atoms with E-state index in [1.165, 1.54) is 12.8 Å². The average molecular weight is 221 g/mol. The zero-order valence-electron chi connectivity index (χ0n) is 9.38. The Labute approximate surface area is 92.0 Å². The van der Waals surface area contributed by atoms with E-state index in [0.717, 1.165) is 19.3 Å². The fraction of sp³-hybridized carbons (Fsp3) is 0.909. The van der Waals surface area contributed by atoms with Gasteiger partial charge in [-0.05, 0) is 25.2 Å². The van der Waals surface area contributed by atoms with E-state index in [-0.39, 0.29) is 6.10 Å². The van der Waals surface area contributed by atoms with Crippen LogP contribution in [-0.4, -0.2) is 11.5 Å². The summed E-state index contributed by atoms with van der Waals surface area (Å²) in [6, 6.07) is 0. The van der Waals surface area contributed by atoms with E-state index in [0.29, 0.717) is 5.92 Å². The van der Waals surface area contributed by atoms with Crippen LogP contribution < -0.4 is 0 Å². The standard InChI is InChI=1S/C11H21ClO2/c1-4-7-8-9(5-2)10(6-3)14-11(12)13/h9-10H,4-8H2,1-3H3. The Bertz CT molecular complexity index is 159. The van der Waals surface area contributed by atoms with E-state index < -0.39 is 5.43 Å². The third-order valence-electron chi connectivity index (χ3n) is 2.63. The van der Waals surface area contributed by atoms with Gasteiger partial charge in [0, 0.05) is 11.6 Å². The number of ether oxygens (including phenoxy) is 1. The highest BCUT2D eigenvalue weighted by molar-refractivity contribution is 6.61. The van der Waals surface area contributed by atoms with Crippen LogP contribution in [0.5, 0.6) is 0 Å². The van der Waals surface area contributed by atoms with Gasteiger partial charge in [0.2, 0.25) is 0 Å². The van der Waals surface area contributed by atoms with Crippen LogP contribution in [0.1, 0.15) is 52.9 Å². The van der Waals surface area contributed by atoms with Gasteiger partial charge in [-0.2, -0.15) is 0 Å². The van der Waals surface area contributed by atoms with Gasteiger partial charge in [-0.25, -0.2) is 4.79 Å². The molecule has 0 aliphatic carbocycles. The quantitative estimate of drug-likeness (QED) is 0.596. The molecule has 0 radical (unpaired) electrons. The molecule has 0 aromatic rings. The van der Waals surface area contributed by atoms with E-state index in [2.05, 4.69) is 13.8 Å². The lowest BCUT2D eigenvalue weighted by Crippen LogP contribution is -2.24. The summed E-state index contributed by atoms with van der Waals surface area (Å²) >= 11 is 5.23. The van der Waals surface area contributed by atoms with Gasteiger partial charge in [-0.3, -0.25) is 0 Å². The Balaban J connectivity index is 4.06. The predicted octanol–water partition coefficient (Wildman–Crippen LogP) is 4.36. The average Bonchev–Trinajstić information content (AvgIpc) is 2.16. The largest absolute Gasteiger partial charge is 0.450 e. The zero-order chi connectivity index (χ0) is 11.0. The fourth-order valence-electron chi connectivity index (χ4n) is 1.75. The highest BCUT2D eigenvalue weighted by atomic mass is 35.5. The van der Waals surface area contributed by atoms with Crippen molar-refractivity contribution in [2.45, 2.75) is 59.0 Å². The molecule has 0 fully saturated rings. The molecule has 0 aliphatic rings. The van der Waals surface area contributed by atoms with Crippen molar-refractivity contribution >= 4 is 17.0 Å². The maximum absolute atomic E-state index is 10.7. The summed E-state index contributed by atoms with van der Waals surface area (Å²) in [6.45, 7) is 6.32. The molecular weight excluding hydrogens is 200 g/mol. The molecule has 0 N–H and O–H groups in total. The fourth-order valence-corrected chi connectivity index (χ4v) is 1.87. The van der Waals surface area contributed by atoms with Crippen molar-refractivity contribution in [1.29, 1.82) is 0 Å². The Morgan fingerprint density at radius 3 is 2.29 bits per heavy atom. The minimum atomic E-state index is -0.674. The van der Waals surface area contributed by atoms with Crippen LogP contribution in [0.4, 0.5) is 4.79 Å². The zero-order valence-corrected chi connectivity index (χ0v) is 10.1. The lowest BCUT2D eigenvalue weighted by molar-refractivity contribution is 0.0711. The number of carbonyl (C=O) groups excluding carboxylic acids is 1. The highest BCUT2D eigenvalue weighted by Gasteiger charge is 2.20. The van der Waals surface area contributed by atoms with Crippen LogP contribution >= 0.6 is 11.6 Å². The molecule has 14 heavy (non-hydrogen) atoms. The molecule has 0 aromatic carbocycles. The molecule has 0 aromatic heterocycles. The summed E-state index contributed by atoms with van der Waals surface area (Å²) in [4.78, 5) is 10.7. The molecule has 84 valence electrons.